The molecule has 1 saturated carbocycles. The molecule has 0 unspecified atom stereocenters. The van der Waals surface area contributed by atoms with E-state index in [-0.39, 0.29) is 12.0 Å². The van der Waals surface area contributed by atoms with Crippen LogP contribution in [0.3, 0.4) is 0 Å². The maximum absolute atomic E-state index is 12.0. The topological polar surface area (TPSA) is 53.4 Å². The van der Waals surface area contributed by atoms with Crippen LogP contribution in [0.2, 0.25) is 0 Å². The minimum Gasteiger partial charge on any atom is -0.393 e. The summed E-state index contributed by atoms with van der Waals surface area (Å²) >= 11 is 3.24. The third-order valence-electron chi connectivity index (χ3n) is 3.06. The standard InChI is InChI=1S/C12H15BrN2O2/c1-15(7-8-4-10(16)5-8)12(17)9-2-3-11(13)14-6-9/h2-3,6,8,10,16H,4-5,7H2,1H3. The van der Waals surface area contributed by atoms with Gasteiger partial charge >= 0.3 is 0 Å². The number of aliphatic hydroxyl groups is 1. The molecular weight excluding hydrogens is 284 g/mol. The summed E-state index contributed by atoms with van der Waals surface area (Å²) < 4.78 is 0.721. The second-order valence-corrected chi connectivity index (χ2v) is 5.36. The van der Waals surface area contributed by atoms with Crippen molar-refractivity contribution in [3.05, 3.63) is 28.5 Å². The maximum atomic E-state index is 12.0. The van der Waals surface area contributed by atoms with Crippen LogP contribution >= 0.6 is 15.9 Å². The van der Waals surface area contributed by atoms with E-state index in [0.717, 1.165) is 17.4 Å². The molecule has 2 rings (SSSR count). The number of nitrogens with zero attached hydrogens (tertiary/aromatic N) is 2. The van der Waals surface area contributed by atoms with E-state index >= 15 is 0 Å². The van der Waals surface area contributed by atoms with Gasteiger partial charge in [-0.05, 0) is 46.8 Å². The van der Waals surface area contributed by atoms with Gasteiger partial charge in [0.05, 0.1) is 11.7 Å². The molecule has 4 nitrogen and oxygen atoms in total. The Labute approximate surface area is 109 Å². The van der Waals surface area contributed by atoms with Crippen LogP contribution in [0, 0.1) is 5.92 Å². The van der Waals surface area contributed by atoms with Gasteiger partial charge < -0.3 is 10.0 Å². The molecule has 1 aromatic rings. The van der Waals surface area contributed by atoms with Crippen LogP contribution < -0.4 is 0 Å². The molecule has 1 N–H and O–H groups in total. The molecule has 1 heterocycles. The number of halogens is 1. The molecule has 1 aliphatic rings. The number of carbonyl (C=O) groups excluding carboxylic acids is 1. The highest BCUT2D eigenvalue weighted by atomic mass is 79.9. The smallest absolute Gasteiger partial charge is 0.255 e. The Morgan fingerprint density at radius 3 is 2.82 bits per heavy atom. The Balaban J connectivity index is 1.92. The van der Waals surface area contributed by atoms with Crippen LogP contribution in [0.5, 0.6) is 0 Å². The number of carbonyl (C=O) groups is 1. The molecule has 0 bridgehead atoms. The molecule has 1 aromatic heterocycles. The number of pyridine rings is 1. The average molecular weight is 299 g/mol. The molecule has 0 atom stereocenters. The number of aliphatic hydroxyl groups excluding tert-OH is 1. The van der Waals surface area contributed by atoms with Crippen molar-refractivity contribution in [3.8, 4) is 0 Å². The maximum Gasteiger partial charge on any atom is 0.255 e. The van der Waals surface area contributed by atoms with E-state index in [1.807, 2.05) is 0 Å². The Morgan fingerprint density at radius 1 is 1.59 bits per heavy atom. The van der Waals surface area contributed by atoms with E-state index < -0.39 is 0 Å². The van der Waals surface area contributed by atoms with E-state index in [1.165, 1.54) is 0 Å². The Kier molecular flexibility index (Phi) is 3.79. The quantitative estimate of drug-likeness (QED) is 0.864. The van der Waals surface area contributed by atoms with Gasteiger partial charge in [-0.25, -0.2) is 4.98 Å². The first-order valence-corrected chi connectivity index (χ1v) is 6.40. The molecular formula is C12H15BrN2O2. The van der Waals surface area contributed by atoms with Gasteiger partial charge in [-0.3, -0.25) is 4.79 Å². The van der Waals surface area contributed by atoms with E-state index in [9.17, 15) is 9.90 Å². The van der Waals surface area contributed by atoms with Crippen molar-refractivity contribution in [1.29, 1.82) is 0 Å². The summed E-state index contributed by atoms with van der Waals surface area (Å²) in [4.78, 5) is 17.8. The van der Waals surface area contributed by atoms with Crippen molar-refractivity contribution in [2.24, 2.45) is 5.92 Å². The van der Waals surface area contributed by atoms with Crippen LogP contribution in [-0.2, 0) is 0 Å². The van der Waals surface area contributed by atoms with Crippen LogP contribution in [0.25, 0.3) is 0 Å². The predicted octanol–water partition coefficient (Wildman–Crippen LogP) is 1.69. The molecule has 0 saturated heterocycles. The van der Waals surface area contributed by atoms with Crippen molar-refractivity contribution in [1.82, 2.24) is 9.88 Å². The van der Waals surface area contributed by atoms with Crippen LogP contribution in [0.4, 0.5) is 0 Å². The molecule has 0 aromatic carbocycles. The summed E-state index contributed by atoms with van der Waals surface area (Å²) in [7, 11) is 1.79. The second kappa shape index (κ2) is 5.14. The second-order valence-electron chi connectivity index (χ2n) is 4.55. The zero-order valence-electron chi connectivity index (χ0n) is 9.64. The van der Waals surface area contributed by atoms with Gasteiger partial charge in [-0.15, -0.1) is 0 Å². The first-order chi connectivity index (χ1) is 8.06. The fraction of sp³-hybridized carbons (Fsp3) is 0.500. The number of aromatic nitrogens is 1. The number of rotatable bonds is 3. The van der Waals surface area contributed by atoms with Gasteiger partial charge in [-0.2, -0.15) is 0 Å². The normalized spacial score (nSPS) is 23.0. The average Bonchev–Trinajstić information content (AvgIpc) is 2.27. The van der Waals surface area contributed by atoms with E-state index in [0.29, 0.717) is 18.0 Å². The lowest BCUT2D eigenvalue weighted by molar-refractivity contribution is 0.0265. The van der Waals surface area contributed by atoms with Gasteiger partial charge in [-0.1, -0.05) is 0 Å². The minimum absolute atomic E-state index is 0.0219. The predicted molar refractivity (Wildman–Crippen MR) is 67.6 cm³/mol. The third kappa shape index (κ3) is 3.04. The fourth-order valence-electron chi connectivity index (χ4n) is 2.04. The minimum atomic E-state index is -0.169. The summed E-state index contributed by atoms with van der Waals surface area (Å²) in [6, 6.07) is 3.51. The number of hydrogen-bond donors (Lipinski definition) is 1. The zero-order chi connectivity index (χ0) is 12.4. The Bertz CT molecular complexity index is 401. The molecule has 0 spiro atoms. The highest BCUT2D eigenvalue weighted by molar-refractivity contribution is 9.10. The van der Waals surface area contributed by atoms with Crippen LogP contribution in [0.1, 0.15) is 23.2 Å². The van der Waals surface area contributed by atoms with Gasteiger partial charge in [0.1, 0.15) is 4.60 Å². The van der Waals surface area contributed by atoms with Crippen molar-refractivity contribution >= 4 is 21.8 Å². The highest BCUT2D eigenvalue weighted by Gasteiger charge is 2.29. The molecule has 1 aliphatic carbocycles. The third-order valence-corrected chi connectivity index (χ3v) is 3.53. The molecule has 92 valence electrons. The summed E-state index contributed by atoms with van der Waals surface area (Å²) in [6.07, 6.45) is 3.00. The SMILES string of the molecule is CN(CC1CC(O)C1)C(=O)c1ccc(Br)nc1. The Hall–Kier alpha value is -0.940. The van der Waals surface area contributed by atoms with Crippen molar-refractivity contribution < 1.29 is 9.90 Å². The van der Waals surface area contributed by atoms with E-state index in [4.69, 9.17) is 0 Å². The summed E-state index contributed by atoms with van der Waals surface area (Å²) in [5.41, 5.74) is 0.593. The molecule has 5 heteroatoms. The molecule has 1 fully saturated rings. The molecule has 17 heavy (non-hydrogen) atoms. The lowest BCUT2D eigenvalue weighted by Gasteiger charge is -2.34. The largest absolute Gasteiger partial charge is 0.393 e. The summed E-state index contributed by atoms with van der Waals surface area (Å²) in [6.45, 7) is 0.700. The summed E-state index contributed by atoms with van der Waals surface area (Å²) in [5, 5.41) is 9.20. The number of hydrogen-bond acceptors (Lipinski definition) is 3. The van der Waals surface area contributed by atoms with Gasteiger partial charge in [0.15, 0.2) is 0 Å². The first-order valence-electron chi connectivity index (χ1n) is 5.61. The van der Waals surface area contributed by atoms with Crippen LogP contribution in [0.15, 0.2) is 22.9 Å². The van der Waals surface area contributed by atoms with Crippen molar-refractivity contribution in [2.45, 2.75) is 18.9 Å². The summed E-state index contributed by atoms with van der Waals surface area (Å²) in [5.74, 6) is 0.411. The van der Waals surface area contributed by atoms with Crippen LogP contribution in [-0.4, -0.2) is 40.6 Å². The van der Waals surface area contributed by atoms with Gasteiger partial charge in [0.25, 0.3) is 5.91 Å². The highest BCUT2D eigenvalue weighted by Crippen LogP contribution is 2.27. The lowest BCUT2D eigenvalue weighted by Crippen LogP contribution is -2.39. The van der Waals surface area contributed by atoms with Gasteiger partial charge in [0, 0.05) is 19.8 Å². The van der Waals surface area contributed by atoms with E-state index in [1.54, 1.807) is 30.3 Å². The first kappa shape index (κ1) is 12.5. The fourth-order valence-corrected chi connectivity index (χ4v) is 2.28. The monoisotopic (exact) mass is 298 g/mol. The zero-order valence-corrected chi connectivity index (χ0v) is 11.2. The molecule has 0 radical (unpaired) electrons. The van der Waals surface area contributed by atoms with Crippen molar-refractivity contribution in [3.63, 3.8) is 0 Å². The lowest BCUT2D eigenvalue weighted by atomic mass is 9.82. The molecule has 1 amide bonds. The van der Waals surface area contributed by atoms with Crippen molar-refractivity contribution in [2.75, 3.05) is 13.6 Å². The number of amides is 1. The van der Waals surface area contributed by atoms with Gasteiger partial charge in [0.2, 0.25) is 0 Å². The molecule has 0 aliphatic heterocycles. The Morgan fingerprint density at radius 2 is 2.29 bits per heavy atom. The van der Waals surface area contributed by atoms with E-state index in [2.05, 4.69) is 20.9 Å².